The minimum Gasteiger partial charge on any atom is -0.386 e. The fourth-order valence-electron chi connectivity index (χ4n) is 2.40. The second-order valence-electron chi connectivity index (χ2n) is 5.24. The molecule has 1 heterocycles. The Bertz CT molecular complexity index is 785. The van der Waals surface area contributed by atoms with Crippen LogP contribution in [0.5, 0.6) is 0 Å². The number of halogens is 1. The number of aliphatic hydroxyl groups is 1. The van der Waals surface area contributed by atoms with Crippen LogP contribution in [0.2, 0.25) is 5.02 Å². The predicted molar refractivity (Wildman–Crippen MR) is 86.6 cm³/mol. The standard InChI is InChI=1S/C18H16ClNO/c1-12-6-7-14(15(19)10-12)11-18(21)17-9-8-13-4-2-3-5-16(13)20-17/h2-10,18,21H,11H2,1H3. The van der Waals surface area contributed by atoms with Gasteiger partial charge in [0.15, 0.2) is 0 Å². The molecular weight excluding hydrogens is 282 g/mol. The van der Waals surface area contributed by atoms with Crippen LogP contribution in [0.4, 0.5) is 0 Å². The van der Waals surface area contributed by atoms with Crippen molar-refractivity contribution in [1.29, 1.82) is 0 Å². The first-order valence-corrected chi connectivity index (χ1v) is 7.30. The highest BCUT2D eigenvalue weighted by Gasteiger charge is 2.13. The van der Waals surface area contributed by atoms with E-state index < -0.39 is 6.10 Å². The molecule has 0 bridgehead atoms. The zero-order valence-electron chi connectivity index (χ0n) is 11.8. The molecule has 1 unspecified atom stereocenters. The Kier molecular flexibility index (Phi) is 3.91. The van der Waals surface area contributed by atoms with Gasteiger partial charge in [0.05, 0.1) is 11.2 Å². The first-order valence-electron chi connectivity index (χ1n) is 6.92. The van der Waals surface area contributed by atoms with Crippen molar-refractivity contribution in [3.8, 4) is 0 Å². The molecule has 0 aliphatic heterocycles. The van der Waals surface area contributed by atoms with Gasteiger partial charge in [0.2, 0.25) is 0 Å². The van der Waals surface area contributed by atoms with Crippen LogP contribution in [0.15, 0.2) is 54.6 Å². The Hall–Kier alpha value is -1.90. The van der Waals surface area contributed by atoms with Gasteiger partial charge in [0.25, 0.3) is 0 Å². The van der Waals surface area contributed by atoms with Crippen LogP contribution in [0, 0.1) is 6.92 Å². The van der Waals surface area contributed by atoms with Crippen LogP contribution < -0.4 is 0 Å². The number of para-hydroxylation sites is 1. The van der Waals surface area contributed by atoms with Gasteiger partial charge >= 0.3 is 0 Å². The lowest BCUT2D eigenvalue weighted by atomic mass is 10.0. The molecule has 3 rings (SSSR count). The minimum absolute atomic E-state index is 0.463. The summed E-state index contributed by atoms with van der Waals surface area (Å²) in [6, 6.07) is 17.6. The summed E-state index contributed by atoms with van der Waals surface area (Å²) in [6.45, 7) is 2.00. The average Bonchev–Trinajstić information content (AvgIpc) is 2.49. The molecule has 106 valence electrons. The van der Waals surface area contributed by atoms with Crippen LogP contribution in [-0.4, -0.2) is 10.1 Å². The molecule has 21 heavy (non-hydrogen) atoms. The number of nitrogens with zero attached hydrogens (tertiary/aromatic N) is 1. The number of aryl methyl sites for hydroxylation is 1. The molecule has 0 radical (unpaired) electrons. The van der Waals surface area contributed by atoms with E-state index >= 15 is 0 Å². The van der Waals surface area contributed by atoms with Crippen molar-refractivity contribution in [2.24, 2.45) is 0 Å². The molecular formula is C18H16ClNO. The largest absolute Gasteiger partial charge is 0.386 e. The number of rotatable bonds is 3. The molecule has 0 fully saturated rings. The molecule has 1 aromatic heterocycles. The van der Waals surface area contributed by atoms with Crippen LogP contribution in [-0.2, 0) is 6.42 Å². The lowest BCUT2D eigenvalue weighted by Crippen LogP contribution is -2.04. The Labute approximate surface area is 129 Å². The van der Waals surface area contributed by atoms with Gasteiger partial charge in [-0.3, -0.25) is 4.98 Å². The quantitative estimate of drug-likeness (QED) is 0.773. The SMILES string of the molecule is Cc1ccc(CC(O)c2ccc3ccccc3n2)c(Cl)c1. The predicted octanol–water partition coefficient (Wildman–Crippen LogP) is 4.47. The second kappa shape index (κ2) is 5.84. The monoisotopic (exact) mass is 297 g/mol. The van der Waals surface area contributed by atoms with Crippen molar-refractivity contribution >= 4 is 22.5 Å². The summed E-state index contributed by atoms with van der Waals surface area (Å²) < 4.78 is 0. The molecule has 0 spiro atoms. The summed E-state index contributed by atoms with van der Waals surface area (Å²) in [5.41, 5.74) is 3.61. The van der Waals surface area contributed by atoms with Crippen molar-refractivity contribution in [1.82, 2.24) is 4.98 Å². The Morgan fingerprint density at radius 3 is 2.71 bits per heavy atom. The zero-order valence-corrected chi connectivity index (χ0v) is 12.5. The molecule has 2 aromatic carbocycles. The number of fused-ring (bicyclic) bond motifs is 1. The van der Waals surface area contributed by atoms with Crippen molar-refractivity contribution in [2.45, 2.75) is 19.4 Å². The van der Waals surface area contributed by atoms with E-state index in [1.807, 2.05) is 61.5 Å². The molecule has 0 aliphatic carbocycles. The first kappa shape index (κ1) is 14.1. The number of benzene rings is 2. The van der Waals surface area contributed by atoms with E-state index in [9.17, 15) is 5.11 Å². The smallest absolute Gasteiger partial charge is 0.100 e. The Morgan fingerprint density at radius 1 is 1.10 bits per heavy atom. The molecule has 0 amide bonds. The third-order valence-electron chi connectivity index (χ3n) is 3.58. The summed E-state index contributed by atoms with van der Waals surface area (Å²) in [5.74, 6) is 0. The van der Waals surface area contributed by atoms with E-state index in [0.717, 1.165) is 22.0 Å². The molecule has 0 aliphatic rings. The number of aliphatic hydroxyl groups excluding tert-OH is 1. The number of hydrogen-bond donors (Lipinski definition) is 1. The molecule has 3 heteroatoms. The van der Waals surface area contributed by atoms with Gasteiger partial charge in [0, 0.05) is 16.8 Å². The molecule has 1 N–H and O–H groups in total. The van der Waals surface area contributed by atoms with Gasteiger partial charge in [-0.1, -0.05) is 48.0 Å². The first-order chi connectivity index (χ1) is 10.1. The third kappa shape index (κ3) is 3.07. The maximum Gasteiger partial charge on any atom is 0.100 e. The second-order valence-corrected chi connectivity index (χ2v) is 5.65. The minimum atomic E-state index is -0.658. The third-order valence-corrected chi connectivity index (χ3v) is 3.94. The van der Waals surface area contributed by atoms with Crippen LogP contribution >= 0.6 is 11.6 Å². The summed E-state index contributed by atoms with van der Waals surface area (Å²) in [6.07, 6.45) is -0.195. The van der Waals surface area contributed by atoms with Gasteiger partial charge in [0.1, 0.15) is 6.10 Å². The maximum atomic E-state index is 10.4. The average molecular weight is 298 g/mol. The highest BCUT2D eigenvalue weighted by atomic mass is 35.5. The van der Waals surface area contributed by atoms with Crippen molar-refractivity contribution in [3.63, 3.8) is 0 Å². The zero-order chi connectivity index (χ0) is 14.8. The van der Waals surface area contributed by atoms with Gasteiger partial charge in [-0.25, -0.2) is 0 Å². The van der Waals surface area contributed by atoms with E-state index in [4.69, 9.17) is 11.6 Å². The highest BCUT2D eigenvalue weighted by Crippen LogP contribution is 2.24. The summed E-state index contributed by atoms with van der Waals surface area (Å²) in [7, 11) is 0. The molecule has 0 saturated carbocycles. The number of pyridine rings is 1. The van der Waals surface area contributed by atoms with Crippen LogP contribution in [0.1, 0.15) is 22.9 Å². The van der Waals surface area contributed by atoms with Crippen molar-refractivity contribution in [3.05, 3.63) is 76.4 Å². The van der Waals surface area contributed by atoms with Gasteiger partial charge in [-0.2, -0.15) is 0 Å². The van der Waals surface area contributed by atoms with Gasteiger partial charge in [-0.05, 0) is 36.2 Å². The molecule has 3 aromatic rings. The van der Waals surface area contributed by atoms with E-state index in [1.165, 1.54) is 0 Å². The summed E-state index contributed by atoms with van der Waals surface area (Å²) in [4.78, 5) is 4.53. The van der Waals surface area contributed by atoms with E-state index in [2.05, 4.69) is 4.98 Å². The number of hydrogen-bond acceptors (Lipinski definition) is 2. The fraction of sp³-hybridized carbons (Fsp3) is 0.167. The van der Waals surface area contributed by atoms with Crippen LogP contribution in [0.25, 0.3) is 10.9 Å². The normalized spacial score (nSPS) is 12.5. The van der Waals surface area contributed by atoms with Crippen molar-refractivity contribution < 1.29 is 5.11 Å². The highest BCUT2D eigenvalue weighted by molar-refractivity contribution is 6.31. The molecule has 2 nitrogen and oxygen atoms in total. The van der Waals surface area contributed by atoms with E-state index in [1.54, 1.807) is 0 Å². The maximum absolute atomic E-state index is 10.4. The molecule has 0 saturated heterocycles. The van der Waals surface area contributed by atoms with Gasteiger partial charge < -0.3 is 5.11 Å². The van der Waals surface area contributed by atoms with Gasteiger partial charge in [-0.15, -0.1) is 0 Å². The summed E-state index contributed by atoms with van der Waals surface area (Å²) in [5, 5.41) is 12.2. The summed E-state index contributed by atoms with van der Waals surface area (Å²) >= 11 is 6.22. The van der Waals surface area contributed by atoms with E-state index in [-0.39, 0.29) is 0 Å². The van der Waals surface area contributed by atoms with Crippen LogP contribution in [0.3, 0.4) is 0 Å². The number of aromatic nitrogens is 1. The lowest BCUT2D eigenvalue weighted by Gasteiger charge is -2.12. The lowest BCUT2D eigenvalue weighted by molar-refractivity contribution is 0.174. The topological polar surface area (TPSA) is 33.1 Å². The molecule has 1 atom stereocenters. The van der Waals surface area contributed by atoms with Crippen molar-refractivity contribution in [2.75, 3.05) is 0 Å². The Balaban J connectivity index is 1.87. The fourth-order valence-corrected chi connectivity index (χ4v) is 2.71. The Morgan fingerprint density at radius 2 is 1.90 bits per heavy atom. The van der Waals surface area contributed by atoms with E-state index in [0.29, 0.717) is 17.1 Å².